The fourth-order valence-electron chi connectivity index (χ4n) is 3.25. The van der Waals surface area contributed by atoms with Gasteiger partial charge in [-0.15, -0.1) is 0 Å². The zero-order valence-corrected chi connectivity index (χ0v) is 17.3. The number of urea groups is 1. The number of amides is 2. The number of carbonyl (C=O) groups excluding carboxylic acids is 1. The van der Waals surface area contributed by atoms with Gasteiger partial charge >= 0.3 is 12.6 Å². The summed E-state index contributed by atoms with van der Waals surface area (Å²) >= 11 is 0. The highest BCUT2D eigenvalue weighted by Gasteiger charge is 2.17. The normalized spacial score (nSPS) is 11.0. The molecule has 0 aliphatic rings. The summed E-state index contributed by atoms with van der Waals surface area (Å²) in [5.41, 5.74) is 1.75. The topological polar surface area (TPSA) is 63.7 Å². The Bertz CT molecular complexity index is 986. The molecule has 0 spiro atoms. The quantitative estimate of drug-likeness (QED) is 0.445. The van der Waals surface area contributed by atoms with Gasteiger partial charge < -0.3 is 19.7 Å². The molecule has 3 rings (SSSR count). The van der Waals surface area contributed by atoms with E-state index in [-0.39, 0.29) is 17.3 Å². The molecular formula is C23H25F2N3O3. The van der Waals surface area contributed by atoms with Crippen LogP contribution in [0.25, 0.3) is 10.9 Å². The minimum atomic E-state index is -2.96. The molecule has 31 heavy (non-hydrogen) atoms. The minimum absolute atomic E-state index is 0.0377. The highest BCUT2D eigenvalue weighted by molar-refractivity contribution is 6.02. The number of benzene rings is 2. The maximum atomic E-state index is 13.1. The summed E-state index contributed by atoms with van der Waals surface area (Å²) in [6, 6.07) is 15.7. The first kappa shape index (κ1) is 22.4. The van der Waals surface area contributed by atoms with Crippen molar-refractivity contribution in [3.8, 4) is 5.75 Å². The Morgan fingerprint density at radius 1 is 1.10 bits per heavy atom. The van der Waals surface area contributed by atoms with Gasteiger partial charge in [0.15, 0.2) is 5.75 Å². The van der Waals surface area contributed by atoms with Crippen LogP contribution >= 0.6 is 0 Å². The van der Waals surface area contributed by atoms with Crippen LogP contribution in [0.15, 0.2) is 60.8 Å². The van der Waals surface area contributed by atoms with Gasteiger partial charge in [0, 0.05) is 38.4 Å². The second-order valence-electron chi connectivity index (χ2n) is 6.93. The molecule has 0 radical (unpaired) electrons. The van der Waals surface area contributed by atoms with E-state index in [4.69, 9.17) is 4.74 Å². The summed E-state index contributed by atoms with van der Waals surface area (Å²) in [4.78, 5) is 19.0. The maximum absolute atomic E-state index is 13.1. The van der Waals surface area contributed by atoms with E-state index in [1.165, 1.54) is 12.3 Å². The first-order valence-electron chi connectivity index (χ1n) is 10.00. The molecule has 0 bridgehead atoms. The fraction of sp³-hybridized carbons (Fsp3) is 0.304. The summed E-state index contributed by atoms with van der Waals surface area (Å²) < 4.78 is 35.1. The smallest absolute Gasteiger partial charge is 0.387 e. The van der Waals surface area contributed by atoms with Gasteiger partial charge in [0.25, 0.3) is 0 Å². The minimum Gasteiger partial charge on any atom is -0.432 e. The van der Waals surface area contributed by atoms with E-state index in [1.807, 2.05) is 30.3 Å². The van der Waals surface area contributed by atoms with Gasteiger partial charge in [0.2, 0.25) is 0 Å². The molecule has 0 aliphatic heterocycles. The molecule has 2 amide bonds. The second kappa shape index (κ2) is 11.2. The summed E-state index contributed by atoms with van der Waals surface area (Å²) in [5, 5.41) is 3.42. The van der Waals surface area contributed by atoms with Crippen molar-refractivity contribution in [2.24, 2.45) is 0 Å². The summed E-state index contributed by atoms with van der Waals surface area (Å²) in [7, 11) is 1.65. The fourth-order valence-corrected chi connectivity index (χ4v) is 3.25. The van der Waals surface area contributed by atoms with E-state index in [1.54, 1.807) is 30.2 Å². The number of ether oxygens (including phenoxy) is 2. The van der Waals surface area contributed by atoms with Gasteiger partial charge in [-0.05, 0) is 42.7 Å². The SMILES string of the molecule is COCCCCN(Cc1ccccc1)C(=O)Nc1ccc(OC(F)F)c2ncccc12. The van der Waals surface area contributed by atoms with Gasteiger partial charge in [-0.2, -0.15) is 8.78 Å². The molecule has 0 fully saturated rings. The van der Waals surface area contributed by atoms with Crippen LogP contribution in [0.5, 0.6) is 5.75 Å². The molecule has 8 heteroatoms. The van der Waals surface area contributed by atoms with Crippen molar-refractivity contribution in [2.75, 3.05) is 25.6 Å². The second-order valence-corrected chi connectivity index (χ2v) is 6.93. The van der Waals surface area contributed by atoms with Crippen LogP contribution in [0, 0.1) is 0 Å². The maximum Gasteiger partial charge on any atom is 0.387 e. The highest BCUT2D eigenvalue weighted by atomic mass is 19.3. The van der Waals surface area contributed by atoms with Gasteiger partial charge in [-0.25, -0.2) is 4.79 Å². The van der Waals surface area contributed by atoms with Crippen LogP contribution in [-0.4, -0.2) is 42.8 Å². The number of rotatable bonds is 10. The summed E-state index contributed by atoms with van der Waals surface area (Å²) in [5.74, 6) is -0.0377. The van der Waals surface area contributed by atoms with E-state index in [0.717, 1.165) is 18.4 Å². The van der Waals surface area contributed by atoms with E-state index >= 15 is 0 Å². The number of carbonyl (C=O) groups is 1. The third-order valence-electron chi connectivity index (χ3n) is 4.72. The molecule has 6 nitrogen and oxygen atoms in total. The van der Waals surface area contributed by atoms with Crippen molar-refractivity contribution < 1.29 is 23.0 Å². The molecule has 3 aromatic rings. The molecular weight excluding hydrogens is 404 g/mol. The Hall–Kier alpha value is -3.26. The molecule has 1 N–H and O–H groups in total. The number of nitrogens with one attached hydrogen (secondary N) is 1. The highest BCUT2D eigenvalue weighted by Crippen LogP contribution is 2.31. The molecule has 0 saturated carbocycles. The monoisotopic (exact) mass is 429 g/mol. The van der Waals surface area contributed by atoms with Crippen LogP contribution < -0.4 is 10.1 Å². The van der Waals surface area contributed by atoms with Crippen molar-refractivity contribution in [3.63, 3.8) is 0 Å². The van der Waals surface area contributed by atoms with Gasteiger partial charge in [0.05, 0.1) is 5.69 Å². The molecule has 1 aromatic heterocycles. The number of nitrogens with zero attached hydrogens (tertiary/aromatic N) is 2. The Balaban J connectivity index is 1.80. The predicted molar refractivity (Wildman–Crippen MR) is 115 cm³/mol. The van der Waals surface area contributed by atoms with Crippen LogP contribution in [0.3, 0.4) is 0 Å². The molecule has 0 aliphatic carbocycles. The first-order chi connectivity index (χ1) is 15.1. The molecule has 2 aromatic carbocycles. The van der Waals surface area contributed by atoms with Crippen LogP contribution in [0.4, 0.5) is 19.3 Å². The van der Waals surface area contributed by atoms with Crippen molar-refractivity contribution in [3.05, 3.63) is 66.4 Å². The first-order valence-corrected chi connectivity index (χ1v) is 10.00. The average Bonchev–Trinajstić information content (AvgIpc) is 2.78. The largest absolute Gasteiger partial charge is 0.432 e. The molecule has 0 saturated heterocycles. The van der Waals surface area contributed by atoms with Crippen LogP contribution in [0.2, 0.25) is 0 Å². The number of unbranched alkanes of at least 4 members (excludes halogenated alkanes) is 1. The predicted octanol–water partition coefficient (Wildman–Crippen LogP) is 5.30. The van der Waals surface area contributed by atoms with E-state index in [0.29, 0.717) is 30.8 Å². The zero-order chi connectivity index (χ0) is 22.1. The lowest BCUT2D eigenvalue weighted by atomic mass is 10.1. The molecule has 1 heterocycles. The van der Waals surface area contributed by atoms with Crippen LogP contribution in [-0.2, 0) is 11.3 Å². The van der Waals surface area contributed by atoms with Gasteiger partial charge in [-0.3, -0.25) is 4.98 Å². The number of methoxy groups -OCH3 is 1. The number of anilines is 1. The Morgan fingerprint density at radius 2 is 1.90 bits per heavy atom. The number of pyridine rings is 1. The number of hydrogen-bond acceptors (Lipinski definition) is 4. The summed E-state index contributed by atoms with van der Waals surface area (Å²) in [6.45, 7) is -1.34. The standard InChI is InChI=1S/C23H25F2N3O3/c1-30-15-6-5-14-28(16-17-8-3-2-4-9-17)23(29)27-19-11-12-20(31-22(24)25)21-18(19)10-7-13-26-21/h2-4,7-13,22H,5-6,14-16H2,1H3,(H,27,29). The van der Waals surface area contributed by atoms with Crippen LogP contribution in [0.1, 0.15) is 18.4 Å². The lowest BCUT2D eigenvalue weighted by Crippen LogP contribution is -2.35. The number of hydrogen-bond donors (Lipinski definition) is 1. The third kappa shape index (κ3) is 6.36. The molecule has 0 unspecified atom stereocenters. The lowest BCUT2D eigenvalue weighted by Gasteiger charge is -2.24. The Kier molecular flexibility index (Phi) is 8.12. The van der Waals surface area contributed by atoms with Crippen molar-refractivity contribution in [1.29, 1.82) is 0 Å². The zero-order valence-electron chi connectivity index (χ0n) is 17.3. The number of aromatic nitrogens is 1. The van der Waals surface area contributed by atoms with Gasteiger partial charge in [0.1, 0.15) is 5.52 Å². The molecule has 0 atom stereocenters. The number of alkyl halides is 2. The van der Waals surface area contributed by atoms with E-state index in [9.17, 15) is 13.6 Å². The van der Waals surface area contributed by atoms with Crippen molar-refractivity contribution in [2.45, 2.75) is 26.0 Å². The number of halogens is 2. The van der Waals surface area contributed by atoms with Gasteiger partial charge in [-0.1, -0.05) is 30.3 Å². The Labute approximate surface area is 179 Å². The third-order valence-corrected chi connectivity index (χ3v) is 4.72. The lowest BCUT2D eigenvalue weighted by molar-refractivity contribution is -0.0489. The molecule has 164 valence electrons. The number of fused-ring (bicyclic) bond motifs is 1. The van der Waals surface area contributed by atoms with Crippen molar-refractivity contribution >= 4 is 22.6 Å². The van der Waals surface area contributed by atoms with E-state index in [2.05, 4.69) is 15.0 Å². The Morgan fingerprint density at radius 3 is 2.65 bits per heavy atom. The average molecular weight is 429 g/mol. The summed E-state index contributed by atoms with van der Waals surface area (Å²) in [6.07, 6.45) is 3.11. The van der Waals surface area contributed by atoms with E-state index < -0.39 is 6.61 Å². The van der Waals surface area contributed by atoms with Crippen molar-refractivity contribution in [1.82, 2.24) is 9.88 Å².